The number of hydrogen-bond acceptors (Lipinski definition) is 8. The van der Waals surface area contributed by atoms with Gasteiger partial charge in [0.2, 0.25) is 5.13 Å². The van der Waals surface area contributed by atoms with Gasteiger partial charge in [0.05, 0.1) is 17.5 Å². The van der Waals surface area contributed by atoms with Crippen LogP contribution in [0.4, 0.5) is 9.52 Å². The Balaban J connectivity index is 1.37. The predicted octanol–water partition coefficient (Wildman–Crippen LogP) is 5.02. The summed E-state index contributed by atoms with van der Waals surface area (Å²) in [5.41, 5.74) is 2.60. The maximum Gasteiger partial charge on any atom is 0.267 e. The van der Waals surface area contributed by atoms with Crippen LogP contribution in [0.25, 0.3) is 16.7 Å². The number of rotatable bonds is 7. The van der Waals surface area contributed by atoms with Gasteiger partial charge in [-0.3, -0.25) is 24.7 Å². The normalized spacial score (nSPS) is 11.3. The van der Waals surface area contributed by atoms with E-state index >= 15 is 0 Å². The number of anilines is 1. The van der Waals surface area contributed by atoms with Gasteiger partial charge in [0, 0.05) is 11.9 Å². The molecule has 0 spiro atoms. The van der Waals surface area contributed by atoms with Crippen LogP contribution in [0.2, 0.25) is 0 Å². The molecule has 0 radical (unpaired) electrons. The fourth-order valence-corrected chi connectivity index (χ4v) is 6.16. The van der Waals surface area contributed by atoms with E-state index in [0.717, 1.165) is 22.5 Å². The van der Waals surface area contributed by atoms with Crippen LogP contribution in [-0.4, -0.2) is 30.1 Å². The van der Waals surface area contributed by atoms with Crippen LogP contribution in [-0.2, 0) is 12.3 Å². The molecule has 12 heteroatoms. The number of halogens is 1. The number of aryl methyl sites for hydroxylation is 1. The summed E-state index contributed by atoms with van der Waals surface area (Å²) in [7, 11) is 0. The SMILES string of the molecule is Cc1cccn2c(=O)c3cc(C(=O)Nc4nnc(SCc5ccccc5F)s4)c(=N)n(Cc4ccccc4)c3nc12. The number of nitrogens with one attached hydrogen (secondary N) is 2. The van der Waals surface area contributed by atoms with Gasteiger partial charge < -0.3 is 4.57 Å². The van der Waals surface area contributed by atoms with Gasteiger partial charge in [-0.25, -0.2) is 9.37 Å². The number of carbonyl (C=O) groups is 1. The average Bonchev–Trinajstić information content (AvgIpc) is 3.42. The number of benzene rings is 2. The van der Waals surface area contributed by atoms with Crippen LogP contribution in [0.5, 0.6) is 0 Å². The molecule has 1 amide bonds. The highest BCUT2D eigenvalue weighted by Crippen LogP contribution is 2.29. The molecule has 0 aliphatic rings. The summed E-state index contributed by atoms with van der Waals surface area (Å²) >= 11 is 2.45. The minimum Gasteiger partial charge on any atom is -0.306 e. The van der Waals surface area contributed by atoms with E-state index in [1.165, 1.54) is 28.3 Å². The number of pyridine rings is 2. The van der Waals surface area contributed by atoms with Gasteiger partial charge in [-0.15, -0.1) is 10.2 Å². The van der Waals surface area contributed by atoms with Crippen molar-refractivity contribution in [1.82, 2.24) is 24.1 Å². The lowest BCUT2D eigenvalue weighted by atomic mass is 10.1. The van der Waals surface area contributed by atoms with E-state index in [4.69, 9.17) is 10.4 Å². The van der Waals surface area contributed by atoms with E-state index in [1.807, 2.05) is 43.3 Å². The fraction of sp³-hybridized carbons (Fsp3) is 0.103. The molecule has 0 aliphatic carbocycles. The van der Waals surface area contributed by atoms with Crippen molar-refractivity contribution in [3.63, 3.8) is 0 Å². The van der Waals surface area contributed by atoms with Gasteiger partial charge in [-0.1, -0.05) is 77.7 Å². The van der Waals surface area contributed by atoms with Crippen LogP contribution < -0.4 is 16.4 Å². The maximum atomic E-state index is 14.0. The third-order valence-electron chi connectivity index (χ3n) is 6.50. The maximum absolute atomic E-state index is 14.0. The minimum absolute atomic E-state index is 0.00399. The lowest BCUT2D eigenvalue weighted by Crippen LogP contribution is -2.32. The molecule has 0 saturated heterocycles. The number of nitrogens with zero attached hydrogens (tertiary/aromatic N) is 5. The Morgan fingerprint density at radius 3 is 2.63 bits per heavy atom. The standard InChI is InChI=1S/C29H22FN7O2S2/c1-17-8-7-13-36-24(17)32-25-21(27(36)39)14-20(23(31)37(25)15-18-9-3-2-4-10-18)26(38)33-28-34-35-29(41-28)40-16-19-11-5-6-12-22(19)30/h2-14,31H,15-16H2,1H3,(H,33,34,38). The van der Waals surface area contributed by atoms with E-state index in [2.05, 4.69) is 15.5 Å². The molecule has 6 rings (SSSR count). The lowest BCUT2D eigenvalue weighted by molar-refractivity contribution is 0.102. The molecule has 204 valence electrons. The first-order valence-electron chi connectivity index (χ1n) is 12.5. The third kappa shape index (κ3) is 5.26. The van der Waals surface area contributed by atoms with Gasteiger partial charge in [-0.2, -0.15) is 0 Å². The monoisotopic (exact) mass is 583 g/mol. The smallest absolute Gasteiger partial charge is 0.267 e. The Kier molecular flexibility index (Phi) is 7.16. The predicted molar refractivity (Wildman–Crippen MR) is 157 cm³/mol. The van der Waals surface area contributed by atoms with Crippen LogP contribution in [0, 0.1) is 18.2 Å². The Bertz CT molecular complexity index is 2050. The second-order valence-corrected chi connectivity index (χ2v) is 11.4. The van der Waals surface area contributed by atoms with Crippen LogP contribution in [0.15, 0.2) is 88.1 Å². The Hall–Kier alpha value is -4.68. The number of hydrogen-bond donors (Lipinski definition) is 2. The molecular weight excluding hydrogens is 561 g/mol. The summed E-state index contributed by atoms with van der Waals surface area (Å²) in [6.45, 7) is 2.10. The zero-order valence-corrected chi connectivity index (χ0v) is 23.3. The second kappa shape index (κ2) is 11.1. The molecule has 4 aromatic heterocycles. The second-order valence-electron chi connectivity index (χ2n) is 9.22. The number of thioether (sulfide) groups is 1. The average molecular weight is 584 g/mol. The van der Waals surface area contributed by atoms with Crippen LogP contribution >= 0.6 is 23.1 Å². The zero-order valence-electron chi connectivity index (χ0n) is 21.7. The van der Waals surface area contributed by atoms with Crippen LogP contribution in [0.3, 0.4) is 0 Å². The molecular formula is C29H22FN7O2S2. The molecule has 0 fully saturated rings. The first kappa shape index (κ1) is 26.5. The first-order valence-corrected chi connectivity index (χ1v) is 14.3. The Morgan fingerprint density at radius 1 is 1.05 bits per heavy atom. The molecule has 0 atom stereocenters. The number of amides is 1. The minimum atomic E-state index is -0.603. The highest BCUT2D eigenvalue weighted by atomic mass is 32.2. The molecule has 2 aromatic carbocycles. The molecule has 0 saturated carbocycles. The molecule has 9 nitrogen and oxygen atoms in total. The molecule has 0 bridgehead atoms. The van der Waals surface area contributed by atoms with Crippen molar-refractivity contribution in [3.05, 3.63) is 123 Å². The number of fused-ring (bicyclic) bond motifs is 2. The van der Waals surface area contributed by atoms with Crippen molar-refractivity contribution in [1.29, 1.82) is 5.41 Å². The van der Waals surface area contributed by atoms with Gasteiger partial charge >= 0.3 is 0 Å². The quantitative estimate of drug-likeness (QED) is 0.155. The zero-order chi connectivity index (χ0) is 28.5. The summed E-state index contributed by atoms with van der Waals surface area (Å²) in [6.07, 6.45) is 1.63. The number of carbonyl (C=O) groups excluding carboxylic acids is 1. The van der Waals surface area contributed by atoms with Crippen molar-refractivity contribution in [2.75, 3.05) is 5.32 Å². The molecule has 0 aliphatic heterocycles. The molecule has 4 heterocycles. The highest BCUT2D eigenvalue weighted by molar-refractivity contribution is 8.00. The van der Waals surface area contributed by atoms with Gasteiger partial charge in [0.15, 0.2) is 4.34 Å². The first-order chi connectivity index (χ1) is 19.9. The summed E-state index contributed by atoms with van der Waals surface area (Å²) in [6, 6.07) is 21.0. The summed E-state index contributed by atoms with van der Waals surface area (Å²) < 4.78 is 17.5. The van der Waals surface area contributed by atoms with E-state index in [1.54, 1.807) is 35.0 Å². The van der Waals surface area contributed by atoms with Gasteiger partial charge in [0.1, 0.15) is 22.6 Å². The Morgan fingerprint density at radius 2 is 1.83 bits per heavy atom. The summed E-state index contributed by atoms with van der Waals surface area (Å²) in [5.74, 6) is -0.538. The van der Waals surface area contributed by atoms with Crippen molar-refractivity contribution in [2.24, 2.45) is 0 Å². The fourth-order valence-electron chi connectivity index (χ4n) is 4.43. The third-order valence-corrected chi connectivity index (χ3v) is 8.52. The van der Waals surface area contributed by atoms with Gasteiger partial charge in [-0.05, 0) is 41.8 Å². The summed E-state index contributed by atoms with van der Waals surface area (Å²) in [4.78, 5) is 31.8. The largest absolute Gasteiger partial charge is 0.306 e. The van der Waals surface area contributed by atoms with E-state index < -0.39 is 5.91 Å². The van der Waals surface area contributed by atoms with Crippen molar-refractivity contribution in [3.8, 4) is 0 Å². The Labute approximate surface area is 240 Å². The van der Waals surface area contributed by atoms with Crippen molar-refractivity contribution >= 4 is 50.8 Å². The molecule has 0 unspecified atom stereocenters. The van der Waals surface area contributed by atoms with E-state index in [9.17, 15) is 14.0 Å². The van der Waals surface area contributed by atoms with Gasteiger partial charge in [0.25, 0.3) is 11.5 Å². The lowest BCUT2D eigenvalue weighted by Gasteiger charge is -2.15. The van der Waals surface area contributed by atoms with Crippen molar-refractivity contribution in [2.45, 2.75) is 23.6 Å². The van der Waals surface area contributed by atoms with E-state index in [0.29, 0.717) is 27.0 Å². The molecule has 6 aromatic rings. The number of aromatic nitrogens is 5. The van der Waals surface area contributed by atoms with Crippen molar-refractivity contribution < 1.29 is 9.18 Å². The highest BCUT2D eigenvalue weighted by Gasteiger charge is 2.20. The van der Waals surface area contributed by atoms with Crippen LogP contribution in [0.1, 0.15) is 27.0 Å². The molecule has 41 heavy (non-hydrogen) atoms. The summed E-state index contributed by atoms with van der Waals surface area (Å²) in [5, 5.41) is 20.2. The molecule has 2 N–H and O–H groups in total. The van der Waals surface area contributed by atoms with E-state index in [-0.39, 0.29) is 39.5 Å². The topological polar surface area (TPSA) is 118 Å².